The summed E-state index contributed by atoms with van der Waals surface area (Å²) in [6.45, 7) is 0.543. The van der Waals surface area contributed by atoms with Crippen molar-refractivity contribution in [2.24, 2.45) is 0 Å². The van der Waals surface area contributed by atoms with E-state index >= 15 is 0 Å². The number of rotatable bonds is 6. The quantitative estimate of drug-likeness (QED) is 0.475. The fourth-order valence-electron chi connectivity index (χ4n) is 3.27. The Labute approximate surface area is 173 Å². The van der Waals surface area contributed by atoms with Gasteiger partial charge in [-0.2, -0.15) is 0 Å². The SMILES string of the molecule is Nc1ccc(-c2ccc(-c3ccccc3S(=O)(=O)NCC3(O)CNC3)cc2F)cn1. The predicted molar refractivity (Wildman–Crippen MR) is 112 cm³/mol. The van der Waals surface area contributed by atoms with E-state index in [1.807, 2.05) is 0 Å². The molecule has 0 radical (unpaired) electrons. The van der Waals surface area contributed by atoms with Crippen molar-refractivity contribution < 1.29 is 17.9 Å². The minimum Gasteiger partial charge on any atom is -0.386 e. The molecule has 1 fully saturated rings. The summed E-state index contributed by atoms with van der Waals surface area (Å²) in [6, 6.07) is 14.2. The maximum atomic E-state index is 14.8. The van der Waals surface area contributed by atoms with Crippen LogP contribution in [0.25, 0.3) is 22.3 Å². The van der Waals surface area contributed by atoms with E-state index < -0.39 is 21.4 Å². The van der Waals surface area contributed by atoms with Gasteiger partial charge in [0.05, 0.1) is 4.90 Å². The highest BCUT2D eigenvalue weighted by atomic mass is 32.2. The molecule has 0 spiro atoms. The Kier molecular flexibility index (Phi) is 5.29. The standard InChI is InChI=1S/C21H21FN4O3S/c22-18-9-14(5-7-16(18)15-6-8-20(23)25-10-15)17-3-1-2-4-19(17)30(28,29)26-13-21(27)11-24-12-21/h1-10,24,26-27H,11-13H2,(H2,23,25). The number of halogens is 1. The van der Waals surface area contributed by atoms with Gasteiger partial charge >= 0.3 is 0 Å². The summed E-state index contributed by atoms with van der Waals surface area (Å²) in [7, 11) is -3.91. The van der Waals surface area contributed by atoms with Crippen LogP contribution in [0.3, 0.4) is 0 Å². The number of aliphatic hydroxyl groups is 1. The molecule has 2 heterocycles. The molecule has 1 aromatic heterocycles. The summed E-state index contributed by atoms with van der Waals surface area (Å²) >= 11 is 0. The van der Waals surface area contributed by atoms with Crippen LogP contribution in [0, 0.1) is 5.82 Å². The first-order valence-corrected chi connectivity index (χ1v) is 10.8. The molecule has 9 heteroatoms. The minimum absolute atomic E-state index is 0.0159. The van der Waals surface area contributed by atoms with Gasteiger partial charge in [-0.05, 0) is 29.8 Å². The fourth-order valence-corrected chi connectivity index (χ4v) is 4.61. The number of nitrogens with zero attached hydrogens (tertiary/aromatic N) is 1. The highest BCUT2D eigenvalue weighted by Gasteiger charge is 2.35. The van der Waals surface area contributed by atoms with E-state index in [0.29, 0.717) is 41.2 Å². The highest BCUT2D eigenvalue weighted by molar-refractivity contribution is 7.89. The normalized spacial score (nSPS) is 15.5. The monoisotopic (exact) mass is 428 g/mol. The number of aromatic nitrogens is 1. The van der Waals surface area contributed by atoms with E-state index in [-0.39, 0.29) is 11.4 Å². The van der Waals surface area contributed by atoms with Gasteiger partial charge in [-0.15, -0.1) is 0 Å². The summed E-state index contributed by atoms with van der Waals surface area (Å²) < 4.78 is 43.0. The van der Waals surface area contributed by atoms with E-state index in [1.54, 1.807) is 42.5 Å². The van der Waals surface area contributed by atoms with E-state index in [1.165, 1.54) is 18.3 Å². The number of pyridine rings is 1. The molecule has 2 aromatic carbocycles. The zero-order valence-electron chi connectivity index (χ0n) is 16.0. The van der Waals surface area contributed by atoms with Crippen molar-refractivity contribution in [3.8, 4) is 22.3 Å². The van der Waals surface area contributed by atoms with Crippen LogP contribution in [0.2, 0.25) is 0 Å². The first kappa shape index (κ1) is 20.4. The lowest BCUT2D eigenvalue weighted by atomic mass is 9.98. The number of benzene rings is 2. The van der Waals surface area contributed by atoms with Crippen LogP contribution < -0.4 is 15.8 Å². The molecule has 3 aromatic rings. The number of anilines is 1. The molecule has 1 aliphatic heterocycles. The lowest BCUT2D eigenvalue weighted by molar-refractivity contribution is -0.00396. The van der Waals surface area contributed by atoms with Crippen molar-refractivity contribution >= 4 is 15.8 Å². The van der Waals surface area contributed by atoms with Gasteiger partial charge in [0.2, 0.25) is 10.0 Å². The van der Waals surface area contributed by atoms with E-state index in [0.717, 1.165) is 0 Å². The van der Waals surface area contributed by atoms with Gasteiger partial charge < -0.3 is 16.2 Å². The third-order valence-corrected chi connectivity index (χ3v) is 6.51. The Bertz CT molecular complexity index is 1180. The molecule has 0 atom stereocenters. The molecular formula is C21H21FN4O3S. The highest BCUT2D eigenvalue weighted by Crippen LogP contribution is 2.31. The van der Waals surface area contributed by atoms with Crippen LogP contribution in [0.1, 0.15) is 0 Å². The van der Waals surface area contributed by atoms with Crippen molar-refractivity contribution in [2.75, 3.05) is 25.4 Å². The van der Waals surface area contributed by atoms with Crippen LogP contribution in [0.5, 0.6) is 0 Å². The topological polar surface area (TPSA) is 117 Å². The summed E-state index contributed by atoms with van der Waals surface area (Å²) in [5, 5.41) is 13.1. The summed E-state index contributed by atoms with van der Waals surface area (Å²) in [4.78, 5) is 3.99. The Hall–Kier alpha value is -2.85. The molecule has 5 N–H and O–H groups in total. The fraction of sp³-hybridized carbons (Fsp3) is 0.190. The summed E-state index contributed by atoms with van der Waals surface area (Å²) in [6.07, 6.45) is 1.48. The van der Waals surface area contributed by atoms with Crippen LogP contribution in [-0.2, 0) is 10.0 Å². The molecule has 30 heavy (non-hydrogen) atoms. The lowest BCUT2D eigenvalue weighted by Gasteiger charge is -2.37. The van der Waals surface area contributed by atoms with Gasteiger partial charge in [0.25, 0.3) is 0 Å². The number of nitrogens with two attached hydrogens (primary N) is 1. The van der Waals surface area contributed by atoms with Crippen molar-refractivity contribution in [2.45, 2.75) is 10.5 Å². The molecule has 0 unspecified atom stereocenters. The number of nitrogens with one attached hydrogen (secondary N) is 2. The molecule has 156 valence electrons. The smallest absolute Gasteiger partial charge is 0.241 e. The Morgan fingerprint density at radius 1 is 1.10 bits per heavy atom. The lowest BCUT2D eigenvalue weighted by Crippen LogP contribution is -2.64. The molecule has 7 nitrogen and oxygen atoms in total. The second-order valence-electron chi connectivity index (χ2n) is 7.31. The molecular weight excluding hydrogens is 407 g/mol. The maximum absolute atomic E-state index is 14.8. The molecule has 0 aliphatic carbocycles. The summed E-state index contributed by atoms with van der Waals surface area (Å²) in [5.74, 6) is -0.168. The molecule has 1 aliphatic rings. The van der Waals surface area contributed by atoms with Gasteiger partial charge in [0, 0.05) is 42.5 Å². The molecule has 0 saturated carbocycles. The maximum Gasteiger partial charge on any atom is 0.241 e. The van der Waals surface area contributed by atoms with E-state index in [9.17, 15) is 17.9 Å². The third kappa shape index (κ3) is 4.05. The molecule has 0 amide bonds. The van der Waals surface area contributed by atoms with E-state index in [2.05, 4.69) is 15.0 Å². The van der Waals surface area contributed by atoms with Crippen molar-refractivity contribution in [3.63, 3.8) is 0 Å². The van der Waals surface area contributed by atoms with Crippen LogP contribution in [0.15, 0.2) is 65.7 Å². The molecule has 4 rings (SSSR count). The predicted octanol–water partition coefficient (Wildman–Crippen LogP) is 1.75. The second-order valence-corrected chi connectivity index (χ2v) is 9.05. The van der Waals surface area contributed by atoms with E-state index in [4.69, 9.17) is 5.73 Å². The van der Waals surface area contributed by atoms with Gasteiger partial charge in [-0.25, -0.2) is 22.5 Å². The number of sulfonamides is 1. The molecule has 1 saturated heterocycles. The number of hydrogen-bond donors (Lipinski definition) is 4. The number of hydrogen-bond acceptors (Lipinski definition) is 6. The van der Waals surface area contributed by atoms with Gasteiger partial charge in [-0.3, -0.25) is 0 Å². The minimum atomic E-state index is -3.91. The van der Waals surface area contributed by atoms with Crippen molar-refractivity contribution in [1.82, 2.24) is 15.0 Å². The van der Waals surface area contributed by atoms with Gasteiger partial charge in [0.15, 0.2) is 0 Å². The Morgan fingerprint density at radius 2 is 1.83 bits per heavy atom. The first-order chi connectivity index (χ1) is 14.3. The van der Waals surface area contributed by atoms with Gasteiger partial charge in [-0.1, -0.05) is 30.3 Å². The number of β-amino-alcohol motifs (C(OH)–C–C–N with tert-alkyl or cyclic N) is 1. The van der Waals surface area contributed by atoms with Gasteiger partial charge in [0.1, 0.15) is 17.2 Å². The van der Waals surface area contributed by atoms with Crippen LogP contribution in [0.4, 0.5) is 10.2 Å². The third-order valence-electron chi connectivity index (χ3n) is 5.05. The zero-order valence-corrected chi connectivity index (χ0v) is 16.8. The first-order valence-electron chi connectivity index (χ1n) is 9.31. The van der Waals surface area contributed by atoms with Crippen molar-refractivity contribution in [1.29, 1.82) is 0 Å². The Morgan fingerprint density at radius 3 is 2.47 bits per heavy atom. The van der Waals surface area contributed by atoms with Crippen molar-refractivity contribution in [3.05, 3.63) is 66.6 Å². The van der Waals surface area contributed by atoms with Crippen LogP contribution in [-0.4, -0.2) is 43.7 Å². The number of nitrogen functional groups attached to an aromatic ring is 1. The Balaban J connectivity index is 1.66. The zero-order chi connectivity index (χ0) is 21.4. The average molecular weight is 428 g/mol. The summed E-state index contributed by atoms with van der Waals surface area (Å²) in [5.41, 5.74) is 6.17. The largest absolute Gasteiger partial charge is 0.386 e. The molecule has 0 bridgehead atoms. The average Bonchev–Trinajstić information content (AvgIpc) is 2.72. The second kappa shape index (κ2) is 7.77. The van der Waals surface area contributed by atoms with Crippen LogP contribution >= 0.6 is 0 Å².